The first-order chi connectivity index (χ1) is 1.73. The molecule has 33 valence electrons. The molecule has 0 spiro atoms. The van der Waals surface area contributed by atoms with Gasteiger partial charge in [0.05, 0.1) is 0 Å². The molecule has 0 aliphatic carbocycles. The fourth-order valence-corrected chi connectivity index (χ4v) is 0. The summed E-state index contributed by atoms with van der Waals surface area (Å²) in [7, 11) is 0. The van der Waals surface area contributed by atoms with Gasteiger partial charge in [0.2, 0.25) is 0 Å². The van der Waals surface area contributed by atoms with Gasteiger partial charge in [-0.2, -0.15) is 0 Å². The summed E-state index contributed by atoms with van der Waals surface area (Å²) >= 11 is -0.139. The van der Waals surface area contributed by atoms with Crippen LogP contribution in [0.25, 0.3) is 0 Å². The van der Waals surface area contributed by atoms with Crippen LogP contribution >= 0.6 is 0 Å². The summed E-state index contributed by atoms with van der Waals surface area (Å²) in [6.45, 7) is 0. The van der Waals surface area contributed by atoms with Gasteiger partial charge >= 0.3 is 40.8 Å². The molecule has 0 aliphatic heterocycles. The van der Waals surface area contributed by atoms with Crippen molar-refractivity contribution in [2.24, 2.45) is 0 Å². The van der Waals surface area contributed by atoms with E-state index in [4.69, 9.17) is 0 Å². The quantitative estimate of drug-likeness (QED) is 0.574. The molecule has 1 heteroatoms. The van der Waals surface area contributed by atoms with Crippen molar-refractivity contribution in [1.82, 2.24) is 0 Å². The van der Waals surface area contributed by atoms with Gasteiger partial charge in [0.15, 0.2) is 0 Å². The summed E-state index contributed by atoms with van der Waals surface area (Å²) in [5, 5.41) is 0. The van der Waals surface area contributed by atoms with Crippen molar-refractivity contribution in [1.29, 1.82) is 0 Å². The first-order valence-corrected chi connectivity index (χ1v) is 6.42. The van der Waals surface area contributed by atoms with E-state index in [-0.39, 0.29) is 31.5 Å². The number of hydrogen-bond donors (Lipinski definition) is 0. The van der Waals surface area contributed by atoms with Crippen molar-refractivity contribution in [3.05, 3.63) is 0 Å². The van der Waals surface area contributed by atoms with E-state index < -0.39 is 0 Å². The van der Waals surface area contributed by atoms with E-state index in [2.05, 4.69) is 9.25 Å². The van der Waals surface area contributed by atoms with Crippen LogP contribution in [-0.4, -0.2) is 0 Å². The SMILES string of the molecule is [CH3][Er]([CH3])[CH3]. The van der Waals surface area contributed by atoms with Crippen molar-refractivity contribution in [2.45, 2.75) is 9.25 Å². The Labute approximate surface area is 40.4 Å². The molecular formula is C3H9Er. The van der Waals surface area contributed by atoms with E-state index in [1.807, 2.05) is 0 Å². The second-order valence-electron chi connectivity index (χ2n) is 0.866. The van der Waals surface area contributed by atoms with Crippen LogP contribution in [0.5, 0.6) is 0 Å². The molecule has 0 rings (SSSR count). The molecule has 0 N–H and O–H groups in total. The molecule has 0 aromatic rings. The van der Waals surface area contributed by atoms with E-state index in [1.165, 1.54) is 0 Å². The van der Waals surface area contributed by atoms with Gasteiger partial charge < -0.3 is 0 Å². The average molecular weight is 212 g/mol. The van der Waals surface area contributed by atoms with E-state index in [0.29, 0.717) is 0 Å². The normalized spacial score (nSPS) is 11.2. The van der Waals surface area contributed by atoms with Gasteiger partial charge in [0.25, 0.3) is 0 Å². The molecule has 0 unspecified atom stereocenters. The Kier molecular flexibility index (Phi) is 3.26. The predicted molar refractivity (Wildman–Crippen MR) is 17.6 cm³/mol. The molecule has 0 aromatic carbocycles. The van der Waals surface area contributed by atoms with E-state index >= 15 is 0 Å². The summed E-state index contributed by atoms with van der Waals surface area (Å²) in [5.41, 5.74) is 0. The van der Waals surface area contributed by atoms with Gasteiger partial charge in [-0.3, -0.25) is 0 Å². The predicted octanol–water partition coefficient (Wildman–Crippen LogP) is 1.75. The third-order valence-electron chi connectivity index (χ3n) is 0. The Balaban J connectivity index is 2.32. The molecule has 0 aliphatic rings. The molecule has 0 aromatic heterocycles. The van der Waals surface area contributed by atoms with Crippen LogP contribution in [0.1, 0.15) is 0 Å². The van der Waals surface area contributed by atoms with E-state index in [9.17, 15) is 0 Å². The van der Waals surface area contributed by atoms with Crippen molar-refractivity contribution in [3.8, 4) is 0 Å². The zero-order valence-corrected chi connectivity index (χ0v) is 5.14. The zero-order valence-electron chi connectivity index (χ0n) is 3.29. The van der Waals surface area contributed by atoms with Crippen LogP contribution in [-0.2, 0) is 0 Å². The molecule has 0 radical (unpaired) electrons. The second kappa shape index (κ2) is 2.48. The van der Waals surface area contributed by atoms with Crippen molar-refractivity contribution < 1.29 is 31.5 Å². The minimum atomic E-state index is -0.139. The summed E-state index contributed by atoms with van der Waals surface area (Å²) in [4.78, 5) is 0. The molecule has 0 amide bonds. The standard InChI is InChI=1S/3CH3.Er/h3*1H3;. The maximum absolute atomic E-state index is 2.31. The van der Waals surface area contributed by atoms with Gasteiger partial charge in [-0.1, -0.05) is 0 Å². The van der Waals surface area contributed by atoms with Crippen LogP contribution in [0.4, 0.5) is 0 Å². The molecule has 0 nitrogen and oxygen atoms in total. The number of rotatable bonds is 0. The van der Waals surface area contributed by atoms with Gasteiger partial charge in [-0.05, 0) is 0 Å². The zero-order chi connectivity index (χ0) is 3.58. The van der Waals surface area contributed by atoms with Gasteiger partial charge in [0, 0.05) is 0 Å². The van der Waals surface area contributed by atoms with Crippen LogP contribution in [0.2, 0.25) is 9.25 Å². The van der Waals surface area contributed by atoms with Gasteiger partial charge in [0.1, 0.15) is 0 Å². The molecular weight excluding hydrogens is 203 g/mol. The Morgan fingerprint density at radius 3 is 1.00 bits per heavy atom. The second-order valence-corrected chi connectivity index (χ2v) is 6.42. The van der Waals surface area contributed by atoms with Crippen molar-refractivity contribution in [3.63, 3.8) is 0 Å². The average Bonchev–Trinajstić information content (AvgIpc) is 0.811. The first kappa shape index (κ1) is 5.25. The Bertz CT molecular complexity index is 8.00. The third-order valence-corrected chi connectivity index (χ3v) is 0. The van der Waals surface area contributed by atoms with Gasteiger partial charge in [-0.15, -0.1) is 0 Å². The molecule has 0 heterocycles. The van der Waals surface area contributed by atoms with Crippen molar-refractivity contribution in [2.75, 3.05) is 0 Å². The Hall–Kier alpha value is 1.25. The third kappa shape index (κ3) is 10.5. The van der Waals surface area contributed by atoms with Crippen LogP contribution in [0, 0.1) is 31.5 Å². The number of hydrogen-bond acceptors (Lipinski definition) is 0. The first-order valence-electron chi connectivity index (χ1n) is 0.866. The Morgan fingerprint density at radius 2 is 1.00 bits per heavy atom. The maximum atomic E-state index is 2.31. The molecule has 4 heavy (non-hydrogen) atoms. The van der Waals surface area contributed by atoms with E-state index in [1.54, 1.807) is 0 Å². The minimum absolute atomic E-state index is 0.139. The summed E-state index contributed by atoms with van der Waals surface area (Å²) in [6.07, 6.45) is 0. The van der Waals surface area contributed by atoms with E-state index in [0.717, 1.165) is 0 Å². The molecule has 0 fully saturated rings. The molecule has 0 bridgehead atoms. The van der Waals surface area contributed by atoms with Crippen molar-refractivity contribution >= 4 is 0 Å². The van der Waals surface area contributed by atoms with Crippen LogP contribution in [0.3, 0.4) is 0 Å². The van der Waals surface area contributed by atoms with Gasteiger partial charge in [-0.25, -0.2) is 0 Å². The van der Waals surface area contributed by atoms with Crippen LogP contribution in [0.15, 0.2) is 0 Å². The summed E-state index contributed by atoms with van der Waals surface area (Å²) < 4.78 is 6.92. The summed E-state index contributed by atoms with van der Waals surface area (Å²) in [6, 6.07) is 0. The fourth-order valence-electron chi connectivity index (χ4n) is 0. The Morgan fingerprint density at radius 1 is 1.00 bits per heavy atom. The molecule has 0 saturated heterocycles. The monoisotopic (exact) mass is 211 g/mol. The fraction of sp³-hybridized carbons (Fsp3) is 1.00. The molecule has 0 saturated carbocycles. The topological polar surface area (TPSA) is 0 Å². The molecule has 0 atom stereocenters. The summed E-state index contributed by atoms with van der Waals surface area (Å²) in [5.74, 6) is 0. The van der Waals surface area contributed by atoms with Crippen LogP contribution < -0.4 is 0 Å².